The second-order valence-electron chi connectivity index (χ2n) is 5.12. The lowest BCUT2D eigenvalue weighted by molar-refractivity contribution is -0.115. The Morgan fingerprint density at radius 1 is 1.46 bits per heavy atom. The molecule has 0 aliphatic heterocycles. The van der Waals surface area contributed by atoms with Crippen LogP contribution in [0.3, 0.4) is 0 Å². The van der Waals surface area contributed by atoms with Crippen molar-refractivity contribution in [2.75, 3.05) is 5.32 Å². The van der Waals surface area contributed by atoms with Crippen LogP contribution in [0.1, 0.15) is 12.6 Å². The van der Waals surface area contributed by atoms with Crippen molar-refractivity contribution >= 4 is 23.3 Å². The summed E-state index contributed by atoms with van der Waals surface area (Å²) in [5.41, 5.74) is 0.670. The number of anilines is 1. The number of hydrogen-bond acceptors (Lipinski definition) is 5. The van der Waals surface area contributed by atoms with Gasteiger partial charge in [0.1, 0.15) is 16.9 Å². The molecule has 2 N–H and O–H groups in total. The third kappa shape index (κ3) is 3.23. The number of carbonyl (C=O) groups excluding carboxylic acids is 1. The number of halogens is 1. The van der Waals surface area contributed by atoms with E-state index in [-0.39, 0.29) is 11.5 Å². The number of H-pyrrole nitrogens is 1. The number of aromatic amines is 1. The lowest BCUT2D eigenvalue weighted by atomic mass is 10.3. The van der Waals surface area contributed by atoms with Crippen LogP contribution in [0.15, 0.2) is 39.7 Å². The summed E-state index contributed by atoms with van der Waals surface area (Å²) in [6, 6.07) is 6.42. The van der Waals surface area contributed by atoms with Crippen molar-refractivity contribution in [1.29, 1.82) is 0 Å². The van der Waals surface area contributed by atoms with E-state index in [2.05, 4.69) is 20.4 Å². The van der Waals surface area contributed by atoms with Crippen LogP contribution in [0.5, 0.6) is 0 Å². The molecular formula is C15H14ClN5O3. The van der Waals surface area contributed by atoms with Gasteiger partial charge in [-0.2, -0.15) is 9.78 Å². The van der Waals surface area contributed by atoms with Crippen LogP contribution in [0, 0.1) is 6.92 Å². The number of rotatable bonds is 4. The molecule has 0 aromatic carbocycles. The van der Waals surface area contributed by atoms with Crippen molar-refractivity contribution in [2.24, 2.45) is 0 Å². The number of nitrogens with one attached hydrogen (secondary N) is 2. The fourth-order valence-corrected chi connectivity index (χ4v) is 2.12. The molecule has 0 aliphatic carbocycles. The topological polar surface area (TPSA) is 106 Å². The van der Waals surface area contributed by atoms with Gasteiger partial charge in [0.25, 0.3) is 5.56 Å². The maximum absolute atomic E-state index is 11.9. The normalized spacial score (nSPS) is 12.1. The monoisotopic (exact) mass is 347 g/mol. The first-order chi connectivity index (χ1) is 11.4. The molecule has 24 heavy (non-hydrogen) atoms. The molecule has 0 saturated heterocycles. The molecule has 3 rings (SSSR count). The van der Waals surface area contributed by atoms with Crippen LogP contribution >= 0.6 is 11.6 Å². The highest BCUT2D eigenvalue weighted by atomic mass is 35.5. The molecule has 0 fully saturated rings. The molecule has 3 aromatic heterocycles. The smallest absolute Gasteiger partial charge is 0.252 e. The zero-order chi connectivity index (χ0) is 17.3. The van der Waals surface area contributed by atoms with E-state index in [1.54, 1.807) is 32.0 Å². The summed E-state index contributed by atoms with van der Waals surface area (Å²) in [5.74, 6) is 0.597. The summed E-state index contributed by atoms with van der Waals surface area (Å²) in [6.45, 7) is 3.24. The molecule has 3 aromatic rings. The SMILES string of the molecule is Cc1cc(=O)[nH]c(-n2nc(-c3ccco3)cc2NC(=O)C(C)Cl)n1. The Morgan fingerprint density at radius 2 is 2.25 bits per heavy atom. The highest BCUT2D eigenvalue weighted by molar-refractivity contribution is 6.32. The van der Waals surface area contributed by atoms with E-state index in [1.165, 1.54) is 17.0 Å². The molecule has 0 radical (unpaired) electrons. The summed E-state index contributed by atoms with van der Waals surface area (Å²) in [4.78, 5) is 30.4. The molecule has 8 nitrogen and oxygen atoms in total. The van der Waals surface area contributed by atoms with E-state index in [0.29, 0.717) is 23.0 Å². The average Bonchev–Trinajstić information content (AvgIpc) is 3.14. The van der Waals surface area contributed by atoms with E-state index >= 15 is 0 Å². The molecular weight excluding hydrogens is 334 g/mol. The highest BCUT2D eigenvalue weighted by Crippen LogP contribution is 2.24. The van der Waals surface area contributed by atoms with Gasteiger partial charge in [-0.15, -0.1) is 11.6 Å². The van der Waals surface area contributed by atoms with Gasteiger partial charge in [-0.3, -0.25) is 14.6 Å². The van der Waals surface area contributed by atoms with Gasteiger partial charge in [-0.05, 0) is 26.0 Å². The minimum atomic E-state index is -0.732. The molecule has 0 aliphatic rings. The number of aromatic nitrogens is 4. The Bertz CT molecular complexity index is 927. The fourth-order valence-electron chi connectivity index (χ4n) is 2.07. The maximum Gasteiger partial charge on any atom is 0.252 e. The number of furan rings is 1. The van der Waals surface area contributed by atoms with E-state index in [9.17, 15) is 9.59 Å². The number of nitrogens with zero attached hydrogens (tertiary/aromatic N) is 3. The number of alkyl halides is 1. The Balaban J connectivity index is 2.11. The second kappa shape index (κ2) is 6.32. The Labute approximate surface area is 141 Å². The van der Waals surface area contributed by atoms with E-state index in [0.717, 1.165) is 0 Å². The van der Waals surface area contributed by atoms with Crippen LogP contribution < -0.4 is 10.9 Å². The lowest BCUT2D eigenvalue weighted by Gasteiger charge is -2.09. The molecule has 1 atom stereocenters. The first-order valence-corrected chi connectivity index (χ1v) is 7.55. The van der Waals surface area contributed by atoms with E-state index in [4.69, 9.17) is 16.0 Å². The second-order valence-corrected chi connectivity index (χ2v) is 5.77. The van der Waals surface area contributed by atoms with Gasteiger partial charge in [0, 0.05) is 17.8 Å². The summed E-state index contributed by atoms with van der Waals surface area (Å²) >= 11 is 5.80. The van der Waals surface area contributed by atoms with Crippen LogP contribution in [-0.2, 0) is 4.79 Å². The van der Waals surface area contributed by atoms with Gasteiger partial charge in [0.05, 0.1) is 6.26 Å². The third-order valence-electron chi connectivity index (χ3n) is 3.15. The Morgan fingerprint density at radius 3 is 2.88 bits per heavy atom. The van der Waals surface area contributed by atoms with Crippen molar-refractivity contribution in [3.63, 3.8) is 0 Å². The zero-order valence-electron chi connectivity index (χ0n) is 12.9. The molecule has 0 spiro atoms. The summed E-state index contributed by atoms with van der Waals surface area (Å²) in [6.07, 6.45) is 1.51. The lowest BCUT2D eigenvalue weighted by Crippen LogP contribution is -2.23. The van der Waals surface area contributed by atoms with Crippen molar-refractivity contribution < 1.29 is 9.21 Å². The predicted molar refractivity (Wildman–Crippen MR) is 88.4 cm³/mol. The molecule has 1 unspecified atom stereocenters. The van der Waals surface area contributed by atoms with Crippen molar-refractivity contribution in [2.45, 2.75) is 19.2 Å². The van der Waals surface area contributed by atoms with Crippen LogP contribution in [0.25, 0.3) is 17.4 Å². The van der Waals surface area contributed by atoms with Crippen molar-refractivity contribution in [1.82, 2.24) is 19.7 Å². The Hall–Kier alpha value is -2.87. The molecule has 124 valence electrons. The summed E-state index contributed by atoms with van der Waals surface area (Å²) in [7, 11) is 0. The van der Waals surface area contributed by atoms with Crippen molar-refractivity contribution in [3.8, 4) is 17.4 Å². The molecule has 0 bridgehead atoms. The number of hydrogen-bond donors (Lipinski definition) is 2. The Kier molecular flexibility index (Phi) is 4.22. The maximum atomic E-state index is 11.9. The minimum Gasteiger partial charge on any atom is -0.463 e. The summed E-state index contributed by atoms with van der Waals surface area (Å²) < 4.78 is 6.64. The first kappa shape index (κ1) is 16.0. The van der Waals surface area contributed by atoms with Crippen LogP contribution in [-0.4, -0.2) is 31.0 Å². The van der Waals surface area contributed by atoms with Crippen LogP contribution in [0.2, 0.25) is 0 Å². The zero-order valence-corrected chi connectivity index (χ0v) is 13.7. The summed E-state index contributed by atoms with van der Waals surface area (Å²) in [5, 5.41) is 6.27. The number of carbonyl (C=O) groups is 1. The standard InChI is InChI=1S/C15H14ClN5O3/c1-8-6-13(22)19-15(17-8)21-12(18-14(23)9(2)16)7-10(20-21)11-4-3-5-24-11/h3-7,9H,1-2H3,(H,18,23)(H,17,19,22). The third-order valence-corrected chi connectivity index (χ3v) is 3.35. The molecule has 9 heteroatoms. The minimum absolute atomic E-state index is 0.176. The molecule has 1 amide bonds. The highest BCUT2D eigenvalue weighted by Gasteiger charge is 2.18. The fraction of sp³-hybridized carbons (Fsp3) is 0.200. The van der Waals surface area contributed by atoms with Gasteiger partial charge < -0.3 is 9.73 Å². The first-order valence-electron chi connectivity index (χ1n) is 7.11. The van der Waals surface area contributed by atoms with Crippen LogP contribution in [0.4, 0.5) is 5.82 Å². The van der Waals surface area contributed by atoms with Crippen molar-refractivity contribution in [3.05, 3.63) is 46.6 Å². The van der Waals surface area contributed by atoms with Gasteiger partial charge >= 0.3 is 0 Å². The van der Waals surface area contributed by atoms with Gasteiger partial charge in [0.2, 0.25) is 11.9 Å². The predicted octanol–water partition coefficient (Wildman–Crippen LogP) is 2.09. The molecule has 0 saturated carbocycles. The largest absolute Gasteiger partial charge is 0.463 e. The van der Waals surface area contributed by atoms with Gasteiger partial charge in [-0.25, -0.2) is 4.98 Å². The van der Waals surface area contributed by atoms with E-state index < -0.39 is 11.3 Å². The quantitative estimate of drug-likeness (QED) is 0.703. The number of aryl methyl sites for hydroxylation is 1. The number of amides is 1. The van der Waals surface area contributed by atoms with Gasteiger partial charge in [-0.1, -0.05) is 0 Å². The average molecular weight is 348 g/mol. The van der Waals surface area contributed by atoms with E-state index in [1.807, 2.05) is 0 Å². The van der Waals surface area contributed by atoms with Gasteiger partial charge in [0.15, 0.2) is 5.76 Å². The molecule has 3 heterocycles.